The first-order chi connectivity index (χ1) is 9.58. The molecule has 20 heavy (non-hydrogen) atoms. The minimum absolute atomic E-state index is 0.234. The predicted octanol–water partition coefficient (Wildman–Crippen LogP) is 1.02. The van der Waals surface area contributed by atoms with Gasteiger partial charge < -0.3 is 20.6 Å². The second-order valence-corrected chi connectivity index (χ2v) is 5.95. The highest BCUT2D eigenvalue weighted by atomic mass is 16.4. The Hall–Kier alpha value is -1.30. The van der Waals surface area contributed by atoms with Gasteiger partial charge in [0.25, 0.3) is 0 Å². The van der Waals surface area contributed by atoms with Crippen molar-refractivity contribution in [3.63, 3.8) is 0 Å². The van der Waals surface area contributed by atoms with E-state index in [1.807, 2.05) is 0 Å². The van der Waals surface area contributed by atoms with Crippen molar-refractivity contribution in [2.45, 2.75) is 50.6 Å². The van der Waals surface area contributed by atoms with Gasteiger partial charge in [-0.05, 0) is 32.7 Å². The summed E-state index contributed by atoms with van der Waals surface area (Å²) in [4.78, 5) is 25.2. The number of aliphatic carboxylic acids is 1. The Labute approximate surface area is 119 Å². The van der Waals surface area contributed by atoms with Crippen LogP contribution >= 0.6 is 0 Å². The van der Waals surface area contributed by atoms with Crippen molar-refractivity contribution in [2.24, 2.45) is 5.92 Å². The van der Waals surface area contributed by atoms with Crippen LogP contribution in [0.1, 0.15) is 38.5 Å². The van der Waals surface area contributed by atoms with Crippen molar-refractivity contribution in [1.29, 1.82) is 0 Å². The lowest BCUT2D eigenvalue weighted by Gasteiger charge is -2.29. The lowest BCUT2D eigenvalue weighted by Crippen LogP contribution is -2.49. The molecule has 2 unspecified atom stereocenters. The van der Waals surface area contributed by atoms with Crippen LogP contribution in [0, 0.1) is 5.92 Å². The zero-order valence-electron chi connectivity index (χ0n) is 12.1. The van der Waals surface area contributed by atoms with Crippen molar-refractivity contribution in [2.75, 3.05) is 20.1 Å². The summed E-state index contributed by atoms with van der Waals surface area (Å²) in [5, 5.41) is 14.8. The van der Waals surface area contributed by atoms with Crippen molar-refractivity contribution in [1.82, 2.24) is 15.5 Å². The summed E-state index contributed by atoms with van der Waals surface area (Å²) >= 11 is 0. The minimum atomic E-state index is -0.802. The van der Waals surface area contributed by atoms with Crippen LogP contribution in [0.15, 0.2) is 0 Å². The molecule has 2 saturated carbocycles. The number of carbonyl (C=O) groups excluding carboxylic acids is 1. The van der Waals surface area contributed by atoms with Crippen LogP contribution in [0.25, 0.3) is 0 Å². The Bertz CT molecular complexity index is 358. The molecule has 6 heteroatoms. The highest BCUT2D eigenvalue weighted by Crippen LogP contribution is 2.25. The molecule has 2 aliphatic rings. The maximum atomic E-state index is 11.8. The van der Waals surface area contributed by atoms with E-state index in [4.69, 9.17) is 5.11 Å². The lowest BCUT2D eigenvalue weighted by atomic mass is 9.84. The average Bonchev–Trinajstić information content (AvgIpc) is 3.23. The molecule has 3 N–H and O–H groups in total. The molecule has 0 heterocycles. The fourth-order valence-electron chi connectivity index (χ4n) is 2.86. The molecule has 0 aromatic carbocycles. The summed E-state index contributed by atoms with van der Waals surface area (Å²) in [6.45, 7) is 1.44. The standard InChI is InChI=1S/C14H25N3O3/c1-17(10-6-7-10)9-8-15-14(20)16-12-5-3-2-4-11(12)13(18)19/h10-12H,2-9H2,1H3,(H,18,19)(H2,15,16,20). The number of urea groups is 1. The van der Waals surface area contributed by atoms with Crippen LogP contribution < -0.4 is 10.6 Å². The summed E-state index contributed by atoms with van der Waals surface area (Å²) in [5.41, 5.74) is 0. The van der Waals surface area contributed by atoms with E-state index in [-0.39, 0.29) is 12.1 Å². The molecule has 2 fully saturated rings. The van der Waals surface area contributed by atoms with Gasteiger partial charge >= 0.3 is 12.0 Å². The number of carboxylic acid groups (broad SMARTS) is 1. The monoisotopic (exact) mass is 283 g/mol. The number of amides is 2. The van der Waals surface area contributed by atoms with Crippen LogP contribution in [-0.2, 0) is 4.79 Å². The number of carbonyl (C=O) groups is 2. The molecule has 0 aromatic heterocycles. The van der Waals surface area contributed by atoms with Gasteiger partial charge in [0.05, 0.1) is 5.92 Å². The van der Waals surface area contributed by atoms with Gasteiger partial charge in [-0.2, -0.15) is 0 Å². The molecule has 2 atom stereocenters. The van der Waals surface area contributed by atoms with Gasteiger partial charge in [0.15, 0.2) is 0 Å². The second-order valence-electron chi connectivity index (χ2n) is 5.95. The maximum Gasteiger partial charge on any atom is 0.315 e. The van der Waals surface area contributed by atoms with E-state index in [1.54, 1.807) is 0 Å². The molecule has 0 radical (unpaired) electrons. The van der Waals surface area contributed by atoms with E-state index in [0.29, 0.717) is 19.0 Å². The van der Waals surface area contributed by atoms with E-state index in [1.165, 1.54) is 12.8 Å². The number of nitrogens with zero attached hydrogens (tertiary/aromatic N) is 1. The molecule has 6 nitrogen and oxygen atoms in total. The third kappa shape index (κ3) is 4.37. The van der Waals surface area contributed by atoms with E-state index in [9.17, 15) is 9.59 Å². The number of rotatable bonds is 6. The molecule has 2 aliphatic carbocycles. The molecule has 2 amide bonds. The molecular weight excluding hydrogens is 258 g/mol. The topological polar surface area (TPSA) is 81.7 Å². The summed E-state index contributed by atoms with van der Waals surface area (Å²) < 4.78 is 0. The zero-order chi connectivity index (χ0) is 14.5. The first-order valence-corrected chi connectivity index (χ1v) is 7.55. The highest BCUT2D eigenvalue weighted by molar-refractivity contribution is 5.76. The third-order valence-corrected chi connectivity index (χ3v) is 4.32. The molecule has 0 spiro atoms. The van der Waals surface area contributed by atoms with Crippen LogP contribution in [0.4, 0.5) is 4.79 Å². The molecule has 0 saturated heterocycles. The molecule has 0 aromatic rings. The Morgan fingerprint density at radius 3 is 2.55 bits per heavy atom. The molecule has 114 valence electrons. The van der Waals surface area contributed by atoms with Gasteiger partial charge in [0.1, 0.15) is 0 Å². The first-order valence-electron chi connectivity index (χ1n) is 7.55. The Balaban J connectivity index is 1.68. The van der Waals surface area contributed by atoms with Crippen LogP contribution in [0.3, 0.4) is 0 Å². The minimum Gasteiger partial charge on any atom is -0.481 e. The Kier molecular flexibility index (Phi) is 5.23. The van der Waals surface area contributed by atoms with Crippen LogP contribution in [-0.4, -0.2) is 54.2 Å². The smallest absolute Gasteiger partial charge is 0.315 e. The fourth-order valence-corrected chi connectivity index (χ4v) is 2.86. The van der Waals surface area contributed by atoms with Crippen molar-refractivity contribution < 1.29 is 14.7 Å². The largest absolute Gasteiger partial charge is 0.481 e. The zero-order valence-corrected chi connectivity index (χ0v) is 12.1. The Morgan fingerprint density at radius 1 is 1.20 bits per heavy atom. The van der Waals surface area contributed by atoms with Crippen molar-refractivity contribution in [3.05, 3.63) is 0 Å². The second kappa shape index (κ2) is 6.92. The van der Waals surface area contributed by atoms with Crippen LogP contribution in [0.5, 0.6) is 0 Å². The van der Waals surface area contributed by atoms with Crippen molar-refractivity contribution in [3.8, 4) is 0 Å². The van der Waals surface area contributed by atoms with E-state index in [2.05, 4.69) is 22.6 Å². The number of carboxylic acids is 1. The van der Waals surface area contributed by atoms with Gasteiger partial charge in [-0.1, -0.05) is 12.8 Å². The normalized spacial score (nSPS) is 26.3. The van der Waals surface area contributed by atoms with Gasteiger partial charge in [-0.15, -0.1) is 0 Å². The maximum absolute atomic E-state index is 11.8. The first kappa shape index (κ1) is 15.1. The summed E-state index contributed by atoms with van der Waals surface area (Å²) in [6.07, 6.45) is 5.84. The number of likely N-dealkylation sites (N-methyl/N-ethyl adjacent to an activating group) is 1. The quantitative estimate of drug-likeness (QED) is 0.680. The Morgan fingerprint density at radius 2 is 1.90 bits per heavy atom. The lowest BCUT2D eigenvalue weighted by molar-refractivity contribution is -0.143. The molecule has 0 aliphatic heterocycles. The van der Waals surface area contributed by atoms with Gasteiger partial charge in [-0.25, -0.2) is 4.79 Å². The summed E-state index contributed by atoms with van der Waals surface area (Å²) in [7, 11) is 2.07. The van der Waals surface area contributed by atoms with Crippen LogP contribution in [0.2, 0.25) is 0 Å². The van der Waals surface area contributed by atoms with E-state index >= 15 is 0 Å². The molecular formula is C14H25N3O3. The number of nitrogens with one attached hydrogen (secondary N) is 2. The third-order valence-electron chi connectivity index (χ3n) is 4.32. The van der Waals surface area contributed by atoms with Gasteiger partial charge in [0.2, 0.25) is 0 Å². The SMILES string of the molecule is CN(CCNC(=O)NC1CCCCC1C(=O)O)C1CC1. The highest BCUT2D eigenvalue weighted by Gasteiger charge is 2.31. The predicted molar refractivity (Wildman–Crippen MR) is 75.6 cm³/mol. The van der Waals surface area contributed by atoms with Gasteiger partial charge in [-0.3, -0.25) is 4.79 Å². The number of hydrogen-bond acceptors (Lipinski definition) is 3. The molecule has 0 bridgehead atoms. The van der Waals surface area contributed by atoms with Gasteiger partial charge in [0, 0.05) is 25.2 Å². The van der Waals surface area contributed by atoms with E-state index in [0.717, 1.165) is 25.8 Å². The fraction of sp³-hybridized carbons (Fsp3) is 0.857. The van der Waals surface area contributed by atoms with E-state index < -0.39 is 11.9 Å². The average molecular weight is 283 g/mol. The summed E-state index contributed by atoms with van der Waals surface area (Å²) in [5.74, 6) is -1.24. The summed E-state index contributed by atoms with van der Waals surface area (Å²) in [6, 6.07) is 0.212. The number of hydrogen-bond donors (Lipinski definition) is 3. The molecule has 2 rings (SSSR count). The van der Waals surface area contributed by atoms with Crippen molar-refractivity contribution >= 4 is 12.0 Å².